The molecule has 4 heteroatoms. The topological polar surface area (TPSA) is 49.3 Å². The van der Waals surface area contributed by atoms with E-state index >= 15 is 0 Å². The fraction of sp³-hybridized carbons (Fsp3) is 0.462. The largest absolute Gasteiger partial charge is 0.508 e. The molecule has 17 heavy (non-hydrogen) atoms. The van der Waals surface area contributed by atoms with Gasteiger partial charge in [-0.1, -0.05) is 19.3 Å². The molecule has 1 fully saturated rings. The van der Waals surface area contributed by atoms with E-state index < -0.39 is 0 Å². The minimum absolute atomic E-state index is 0.111. The van der Waals surface area contributed by atoms with E-state index in [0.29, 0.717) is 0 Å². The van der Waals surface area contributed by atoms with Gasteiger partial charge in [-0.25, -0.2) is 0 Å². The Hall–Kier alpha value is -1.16. The van der Waals surface area contributed by atoms with Crippen molar-refractivity contribution < 1.29 is 9.90 Å². The van der Waals surface area contributed by atoms with Gasteiger partial charge in [0, 0.05) is 11.0 Å². The molecule has 1 spiro atoms. The van der Waals surface area contributed by atoms with Crippen LogP contribution in [0.5, 0.6) is 5.75 Å². The number of aromatic hydroxyl groups is 1. The Bertz CT molecular complexity index is 466. The van der Waals surface area contributed by atoms with Crippen molar-refractivity contribution in [2.24, 2.45) is 0 Å². The van der Waals surface area contributed by atoms with Crippen molar-refractivity contribution in [2.45, 2.75) is 41.7 Å². The molecule has 1 amide bonds. The van der Waals surface area contributed by atoms with Gasteiger partial charge in [-0.05, 0) is 25.0 Å². The number of hydrogen-bond acceptors (Lipinski definition) is 3. The van der Waals surface area contributed by atoms with Crippen molar-refractivity contribution in [3.63, 3.8) is 0 Å². The van der Waals surface area contributed by atoms with Crippen molar-refractivity contribution in [2.75, 3.05) is 5.32 Å². The van der Waals surface area contributed by atoms with Crippen molar-refractivity contribution in [1.29, 1.82) is 0 Å². The molecular weight excluding hydrogens is 234 g/mol. The highest BCUT2D eigenvalue weighted by Crippen LogP contribution is 2.50. The minimum atomic E-state index is -0.262. The normalized spacial score (nSPS) is 22.0. The van der Waals surface area contributed by atoms with E-state index in [1.807, 2.05) is 6.07 Å². The number of phenols is 1. The number of fused-ring (bicyclic) bond motifs is 1. The molecule has 0 aromatic heterocycles. The van der Waals surface area contributed by atoms with Gasteiger partial charge < -0.3 is 10.4 Å². The van der Waals surface area contributed by atoms with Crippen LogP contribution in [0, 0.1) is 0 Å². The number of nitrogens with one attached hydrogen (secondary N) is 1. The lowest BCUT2D eigenvalue weighted by molar-refractivity contribution is -0.119. The molecule has 3 nitrogen and oxygen atoms in total. The number of phenolic OH excluding ortho intramolecular Hbond substituents is 1. The highest BCUT2D eigenvalue weighted by Gasteiger charge is 2.43. The van der Waals surface area contributed by atoms with Crippen LogP contribution in [0.2, 0.25) is 0 Å². The van der Waals surface area contributed by atoms with E-state index in [1.165, 1.54) is 6.42 Å². The minimum Gasteiger partial charge on any atom is -0.508 e. The van der Waals surface area contributed by atoms with E-state index in [2.05, 4.69) is 5.32 Å². The maximum Gasteiger partial charge on any atom is 0.241 e. The van der Waals surface area contributed by atoms with Crippen molar-refractivity contribution in [1.82, 2.24) is 0 Å². The van der Waals surface area contributed by atoms with Gasteiger partial charge in [0.05, 0.1) is 10.4 Å². The standard InChI is InChI=1S/C13H15NO2S/c15-9-4-5-11-10(8-9)14-12(16)13(17-11)6-2-1-3-7-13/h4-5,8,15H,1-3,6-7H2,(H,14,16). The Balaban J connectivity index is 1.97. The van der Waals surface area contributed by atoms with Crippen LogP contribution >= 0.6 is 11.8 Å². The number of thioether (sulfide) groups is 1. The summed E-state index contributed by atoms with van der Waals surface area (Å²) in [6, 6.07) is 5.20. The molecule has 2 aliphatic rings. The molecule has 1 saturated carbocycles. The molecule has 0 unspecified atom stereocenters. The molecule has 1 aromatic carbocycles. The Morgan fingerprint density at radius 2 is 2.00 bits per heavy atom. The summed E-state index contributed by atoms with van der Waals surface area (Å²) in [7, 11) is 0. The zero-order valence-corrected chi connectivity index (χ0v) is 10.3. The van der Waals surface area contributed by atoms with E-state index in [9.17, 15) is 9.90 Å². The van der Waals surface area contributed by atoms with Gasteiger partial charge in [0.25, 0.3) is 0 Å². The molecule has 0 atom stereocenters. The maximum absolute atomic E-state index is 12.2. The summed E-state index contributed by atoms with van der Waals surface area (Å²) < 4.78 is -0.262. The maximum atomic E-state index is 12.2. The molecule has 0 saturated heterocycles. The van der Waals surface area contributed by atoms with Crippen LogP contribution in [0.15, 0.2) is 23.1 Å². The van der Waals surface area contributed by atoms with Crippen LogP contribution in [0.1, 0.15) is 32.1 Å². The van der Waals surface area contributed by atoms with Crippen LogP contribution < -0.4 is 5.32 Å². The fourth-order valence-electron chi connectivity index (χ4n) is 2.65. The second-order valence-electron chi connectivity index (χ2n) is 4.79. The van der Waals surface area contributed by atoms with Gasteiger partial charge in [0.15, 0.2) is 0 Å². The molecule has 0 radical (unpaired) electrons. The summed E-state index contributed by atoms with van der Waals surface area (Å²) in [5.74, 6) is 0.310. The first-order valence-corrected chi connectivity index (χ1v) is 6.85. The Morgan fingerprint density at radius 1 is 1.24 bits per heavy atom. The number of carbonyl (C=O) groups is 1. The number of carbonyl (C=O) groups excluding carboxylic acids is 1. The summed E-state index contributed by atoms with van der Waals surface area (Å²) in [6.45, 7) is 0. The fourth-order valence-corrected chi connectivity index (χ4v) is 4.06. The molecule has 3 rings (SSSR count). The first-order chi connectivity index (χ1) is 8.20. The summed E-state index contributed by atoms with van der Waals surface area (Å²) in [6.07, 6.45) is 5.42. The van der Waals surface area contributed by atoms with E-state index in [1.54, 1.807) is 23.9 Å². The van der Waals surface area contributed by atoms with Crippen LogP contribution in [0.3, 0.4) is 0 Å². The first-order valence-electron chi connectivity index (χ1n) is 6.03. The molecule has 90 valence electrons. The molecule has 1 heterocycles. The number of benzene rings is 1. The molecule has 1 aromatic rings. The highest BCUT2D eigenvalue weighted by atomic mass is 32.2. The third-order valence-electron chi connectivity index (χ3n) is 3.59. The van der Waals surface area contributed by atoms with E-state index in [-0.39, 0.29) is 16.4 Å². The summed E-state index contributed by atoms with van der Waals surface area (Å²) in [4.78, 5) is 13.3. The SMILES string of the molecule is O=C1Nc2cc(O)ccc2SC12CCCCC2. The van der Waals surface area contributed by atoms with Gasteiger partial charge in [0.1, 0.15) is 5.75 Å². The zero-order valence-electron chi connectivity index (χ0n) is 9.53. The van der Waals surface area contributed by atoms with E-state index in [0.717, 1.165) is 36.3 Å². The number of hydrogen-bond donors (Lipinski definition) is 2. The van der Waals surface area contributed by atoms with Crippen molar-refractivity contribution in [3.8, 4) is 5.75 Å². The van der Waals surface area contributed by atoms with Gasteiger partial charge in [-0.15, -0.1) is 11.8 Å². The molecule has 1 aliphatic carbocycles. The second kappa shape index (κ2) is 3.95. The Labute approximate surface area is 105 Å². The predicted molar refractivity (Wildman–Crippen MR) is 68.4 cm³/mol. The summed E-state index contributed by atoms with van der Waals surface area (Å²) in [5, 5.41) is 12.4. The summed E-state index contributed by atoms with van der Waals surface area (Å²) in [5.41, 5.74) is 0.746. The van der Waals surface area contributed by atoms with Crippen LogP contribution in [0.25, 0.3) is 0 Å². The van der Waals surface area contributed by atoms with Crippen molar-refractivity contribution in [3.05, 3.63) is 18.2 Å². The number of anilines is 1. The lowest BCUT2D eigenvalue weighted by Crippen LogP contribution is -2.43. The summed E-state index contributed by atoms with van der Waals surface area (Å²) >= 11 is 1.67. The molecule has 1 aliphatic heterocycles. The van der Waals surface area contributed by atoms with Gasteiger partial charge in [-0.2, -0.15) is 0 Å². The average molecular weight is 249 g/mol. The van der Waals surface area contributed by atoms with Gasteiger partial charge in [0.2, 0.25) is 5.91 Å². The predicted octanol–water partition coefficient (Wildman–Crippen LogP) is 3.14. The zero-order chi connectivity index (χ0) is 11.9. The monoisotopic (exact) mass is 249 g/mol. The van der Waals surface area contributed by atoms with Crippen molar-refractivity contribution >= 4 is 23.4 Å². The number of rotatable bonds is 0. The Kier molecular flexibility index (Phi) is 2.54. The molecule has 2 N–H and O–H groups in total. The lowest BCUT2D eigenvalue weighted by atomic mass is 9.87. The number of amides is 1. The first kappa shape index (κ1) is 11.0. The van der Waals surface area contributed by atoms with Gasteiger partial charge in [-0.3, -0.25) is 4.79 Å². The third-order valence-corrected chi connectivity index (χ3v) is 5.15. The quantitative estimate of drug-likeness (QED) is 0.742. The van der Waals surface area contributed by atoms with Crippen LogP contribution in [-0.2, 0) is 4.79 Å². The van der Waals surface area contributed by atoms with E-state index in [4.69, 9.17) is 0 Å². The lowest BCUT2D eigenvalue weighted by Gasteiger charge is -2.38. The van der Waals surface area contributed by atoms with Gasteiger partial charge >= 0.3 is 0 Å². The Morgan fingerprint density at radius 3 is 2.76 bits per heavy atom. The molecule has 0 bridgehead atoms. The van der Waals surface area contributed by atoms with Crippen LogP contribution in [-0.4, -0.2) is 15.8 Å². The average Bonchev–Trinajstić information content (AvgIpc) is 2.33. The smallest absolute Gasteiger partial charge is 0.241 e. The second-order valence-corrected chi connectivity index (χ2v) is 6.22. The third kappa shape index (κ3) is 1.80. The van der Waals surface area contributed by atoms with Crippen LogP contribution in [0.4, 0.5) is 5.69 Å². The molecular formula is C13H15NO2S. The highest BCUT2D eigenvalue weighted by molar-refractivity contribution is 8.01.